The first-order valence-corrected chi connectivity index (χ1v) is 8.77. The molecule has 20 heavy (non-hydrogen) atoms. The molecule has 0 atom stereocenters. The van der Waals surface area contributed by atoms with E-state index in [9.17, 15) is 8.42 Å². The molecule has 5 heteroatoms. The van der Waals surface area contributed by atoms with Crippen LogP contribution in [0.25, 0.3) is 0 Å². The van der Waals surface area contributed by atoms with Crippen molar-refractivity contribution in [1.82, 2.24) is 10.0 Å². The molecule has 0 saturated heterocycles. The Hall–Kier alpha value is -0.910. The number of hydrogen-bond donors (Lipinski definition) is 2. The van der Waals surface area contributed by atoms with E-state index in [1.165, 1.54) is 0 Å². The average Bonchev–Trinajstić information content (AvgIpc) is 2.37. The number of rotatable bonds is 7. The highest BCUT2D eigenvalue weighted by Crippen LogP contribution is 2.32. The third-order valence-corrected chi connectivity index (χ3v) is 5.44. The van der Waals surface area contributed by atoms with Gasteiger partial charge in [-0.25, -0.2) is 13.1 Å². The molecule has 1 saturated carbocycles. The lowest BCUT2D eigenvalue weighted by atomic mass is 9.80. The molecule has 2 rings (SSSR count). The summed E-state index contributed by atoms with van der Waals surface area (Å²) in [5, 5.41) is 3.29. The van der Waals surface area contributed by atoms with E-state index in [0.717, 1.165) is 37.8 Å². The lowest BCUT2D eigenvalue weighted by Gasteiger charge is -2.38. The fourth-order valence-electron chi connectivity index (χ4n) is 2.42. The Bertz CT molecular complexity index is 551. The van der Waals surface area contributed by atoms with Gasteiger partial charge in [0.1, 0.15) is 0 Å². The van der Waals surface area contributed by atoms with Crippen LogP contribution in [-0.2, 0) is 16.6 Å². The molecular formula is C15H24N2O2S. The van der Waals surface area contributed by atoms with Crippen LogP contribution in [0, 0.1) is 0 Å². The molecule has 1 aliphatic carbocycles. The first kappa shape index (κ1) is 15.5. The minimum Gasteiger partial charge on any atom is -0.313 e. The van der Waals surface area contributed by atoms with E-state index in [2.05, 4.69) is 17.0 Å². The van der Waals surface area contributed by atoms with Crippen LogP contribution in [0.2, 0.25) is 0 Å². The number of sulfonamides is 1. The van der Waals surface area contributed by atoms with Gasteiger partial charge in [0, 0.05) is 12.1 Å². The minimum atomic E-state index is -3.41. The second-order valence-corrected chi connectivity index (χ2v) is 7.53. The zero-order valence-corrected chi connectivity index (χ0v) is 13.1. The Balaban J connectivity index is 2.08. The summed E-state index contributed by atoms with van der Waals surface area (Å²) in [5.74, 6) is 0. The molecular weight excluding hydrogens is 272 g/mol. The zero-order chi connectivity index (χ0) is 14.6. The molecule has 0 amide bonds. The fraction of sp³-hybridized carbons (Fsp3) is 0.600. The Labute approximate surface area is 122 Å². The number of nitrogens with one attached hydrogen (secondary N) is 2. The monoisotopic (exact) mass is 296 g/mol. The lowest BCUT2D eigenvalue weighted by Crippen LogP contribution is -2.50. The molecule has 0 bridgehead atoms. The van der Waals surface area contributed by atoms with Crippen LogP contribution in [0.3, 0.4) is 0 Å². The van der Waals surface area contributed by atoms with Crippen molar-refractivity contribution in [3.63, 3.8) is 0 Å². The highest BCUT2D eigenvalue weighted by Gasteiger charge is 2.36. The summed E-state index contributed by atoms with van der Waals surface area (Å²) >= 11 is 0. The van der Waals surface area contributed by atoms with Crippen LogP contribution < -0.4 is 10.0 Å². The van der Waals surface area contributed by atoms with Crippen LogP contribution in [-0.4, -0.2) is 20.5 Å². The maximum absolute atomic E-state index is 12.4. The van der Waals surface area contributed by atoms with Crippen molar-refractivity contribution in [2.75, 3.05) is 6.54 Å². The topological polar surface area (TPSA) is 58.2 Å². The standard InChI is InChI=1S/C15H24N2O2S/c1-3-10-16-12-13-6-4-7-14(11-13)20(18,19)17-15(2)8-5-9-15/h4,6-7,11,16-17H,3,5,8-10,12H2,1-2H3. The van der Waals surface area contributed by atoms with Crippen molar-refractivity contribution >= 4 is 10.0 Å². The molecule has 0 aliphatic heterocycles. The second kappa shape index (κ2) is 6.24. The quantitative estimate of drug-likeness (QED) is 0.760. The van der Waals surface area contributed by atoms with Gasteiger partial charge in [0.2, 0.25) is 10.0 Å². The van der Waals surface area contributed by atoms with Crippen molar-refractivity contribution in [3.8, 4) is 0 Å². The summed E-state index contributed by atoms with van der Waals surface area (Å²) in [6, 6.07) is 7.17. The summed E-state index contributed by atoms with van der Waals surface area (Å²) in [4.78, 5) is 0.362. The third kappa shape index (κ3) is 3.81. The Kier molecular flexibility index (Phi) is 4.83. The van der Waals surface area contributed by atoms with Gasteiger partial charge in [0.05, 0.1) is 4.90 Å². The van der Waals surface area contributed by atoms with E-state index >= 15 is 0 Å². The van der Waals surface area contributed by atoms with Crippen LogP contribution in [0.1, 0.15) is 45.1 Å². The molecule has 0 radical (unpaired) electrons. The van der Waals surface area contributed by atoms with E-state index in [1.807, 2.05) is 13.0 Å². The van der Waals surface area contributed by atoms with Crippen LogP contribution in [0.5, 0.6) is 0 Å². The van der Waals surface area contributed by atoms with Crippen LogP contribution in [0.15, 0.2) is 29.2 Å². The molecule has 1 fully saturated rings. The van der Waals surface area contributed by atoms with E-state index in [1.54, 1.807) is 18.2 Å². The maximum atomic E-state index is 12.4. The first-order chi connectivity index (χ1) is 9.45. The van der Waals surface area contributed by atoms with Crippen LogP contribution >= 0.6 is 0 Å². The Morgan fingerprint density at radius 1 is 1.30 bits per heavy atom. The molecule has 0 spiro atoms. The predicted octanol–water partition coefficient (Wildman–Crippen LogP) is 2.41. The largest absolute Gasteiger partial charge is 0.313 e. The normalized spacial score (nSPS) is 17.7. The van der Waals surface area contributed by atoms with E-state index in [0.29, 0.717) is 11.4 Å². The summed E-state index contributed by atoms with van der Waals surface area (Å²) in [6.07, 6.45) is 4.01. The van der Waals surface area contributed by atoms with Crippen molar-refractivity contribution in [2.24, 2.45) is 0 Å². The van der Waals surface area contributed by atoms with Gasteiger partial charge in [-0.15, -0.1) is 0 Å². The highest BCUT2D eigenvalue weighted by atomic mass is 32.2. The van der Waals surface area contributed by atoms with Gasteiger partial charge in [-0.3, -0.25) is 0 Å². The molecule has 0 unspecified atom stereocenters. The maximum Gasteiger partial charge on any atom is 0.241 e. The number of hydrogen-bond acceptors (Lipinski definition) is 3. The van der Waals surface area contributed by atoms with Gasteiger partial charge in [0.15, 0.2) is 0 Å². The second-order valence-electron chi connectivity index (χ2n) is 5.84. The zero-order valence-electron chi connectivity index (χ0n) is 12.3. The summed E-state index contributed by atoms with van der Waals surface area (Å²) < 4.78 is 27.6. The van der Waals surface area contributed by atoms with Crippen LogP contribution in [0.4, 0.5) is 0 Å². The summed E-state index contributed by atoms with van der Waals surface area (Å²) in [6.45, 7) is 5.72. The van der Waals surface area contributed by atoms with E-state index < -0.39 is 10.0 Å². The van der Waals surface area contributed by atoms with Crippen molar-refractivity contribution in [2.45, 2.75) is 56.5 Å². The van der Waals surface area contributed by atoms with E-state index in [4.69, 9.17) is 0 Å². The SMILES string of the molecule is CCCNCc1cccc(S(=O)(=O)NC2(C)CCC2)c1. The van der Waals surface area contributed by atoms with Gasteiger partial charge in [-0.05, 0) is 56.8 Å². The Morgan fingerprint density at radius 3 is 2.65 bits per heavy atom. The lowest BCUT2D eigenvalue weighted by molar-refractivity contribution is 0.248. The van der Waals surface area contributed by atoms with Crippen molar-refractivity contribution < 1.29 is 8.42 Å². The Morgan fingerprint density at radius 2 is 2.05 bits per heavy atom. The van der Waals surface area contributed by atoms with Crippen molar-refractivity contribution in [1.29, 1.82) is 0 Å². The van der Waals surface area contributed by atoms with Gasteiger partial charge < -0.3 is 5.32 Å². The van der Waals surface area contributed by atoms with Gasteiger partial charge in [0.25, 0.3) is 0 Å². The number of benzene rings is 1. The van der Waals surface area contributed by atoms with Gasteiger partial charge in [-0.2, -0.15) is 0 Å². The average molecular weight is 296 g/mol. The molecule has 2 N–H and O–H groups in total. The van der Waals surface area contributed by atoms with Gasteiger partial charge >= 0.3 is 0 Å². The minimum absolute atomic E-state index is 0.255. The molecule has 4 nitrogen and oxygen atoms in total. The molecule has 1 aromatic carbocycles. The smallest absolute Gasteiger partial charge is 0.241 e. The summed E-state index contributed by atoms with van der Waals surface area (Å²) in [7, 11) is -3.41. The molecule has 1 aliphatic rings. The molecule has 0 aromatic heterocycles. The summed E-state index contributed by atoms with van der Waals surface area (Å²) in [5.41, 5.74) is 0.745. The first-order valence-electron chi connectivity index (χ1n) is 7.29. The fourth-order valence-corrected chi connectivity index (χ4v) is 3.96. The predicted molar refractivity (Wildman–Crippen MR) is 81.0 cm³/mol. The van der Waals surface area contributed by atoms with E-state index in [-0.39, 0.29) is 5.54 Å². The molecule has 0 heterocycles. The molecule has 1 aromatic rings. The van der Waals surface area contributed by atoms with Gasteiger partial charge in [-0.1, -0.05) is 19.1 Å². The molecule has 112 valence electrons. The highest BCUT2D eigenvalue weighted by molar-refractivity contribution is 7.89. The van der Waals surface area contributed by atoms with Crippen molar-refractivity contribution in [3.05, 3.63) is 29.8 Å². The third-order valence-electron chi connectivity index (χ3n) is 3.80.